The van der Waals surface area contributed by atoms with Crippen molar-refractivity contribution in [3.8, 4) is 0 Å². The lowest BCUT2D eigenvalue weighted by Gasteiger charge is -2.02. The number of carboxylic acid groups (broad SMARTS) is 1. The minimum Gasteiger partial charge on any atom is -0.480 e. The predicted molar refractivity (Wildman–Crippen MR) is 65.6 cm³/mol. The van der Waals surface area contributed by atoms with Gasteiger partial charge < -0.3 is 5.11 Å². The molecular formula is C10H12N6O2S. The molecule has 9 heteroatoms. The molecule has 100 valence electrons. The first-order chi connectivity index (χ1) is 9.19. The maximum atomic E-state index is 10.7. The minimum atomic E-state index is -0.997. The standard InChI is InChI=1S/C10H12N6O2S/c1-2-3-7-4-8(12-6-11-7)19-10-13-14-15-16(10)5-9(17)18/h4,6H,2-3,5H2,1H3,(H,17,18). The number of hydrogen-bond donors (Lipinski definition) is 1. The number of hydrogen-bond acceptors (Lipinski definition) is 7. The Balaban J connectivity index is 2.14. The van der Waals surface area contributed by atoms with Gasteiger partial charge in [-0.2, -0.15) is 0 Å². The molecule has 0 aromatic carbocycles. The van der Waals surface area contributed by atoms with Crippen molar-refractivity contribution in [1.29, 1.82) is 0 Å². The lowest BCUT2D eigenvalue weighted by molar-refractivity contribution is -0.138. The summed E-state index contributed by atoms with van der Waals surface area (Å²) in [6, 6.07) is 1.86. The summed E-state index contributed by atoms with van der Waals surface area (Å²) in [5.74, 6) is -0.997. The average molecular weight is 280 g/mol. The van der Waals surface area contributed by atoms with Crippen LogP contribution in [0.2, 0.25) is 0 Å². The van der Waals surface area contributed by atoms with Crippen LogP contribution < -0.4 is 0 Å². The van der Waals surface area contributed by atoms with E-state index in [4.69, 9.17) is 5.11 Å². The lowest BCUT2D eigenvalue weighted by Crippen LogP contribution is -2.11. The van der Waals surface area contributed by atoms with E-state index in [-0.39, 0.29) is 6.54 Å². The summed E-state index contributed by atoms with van der Waals surface area (Å²) in [5.41, 5.74) is 0.942. The smallest absolute Gasteiger partial charge is 0.325 e. The zero-order chi connectivity index (χ0) is 13.7. The van der Waals surface area contributed by atoms with Crippen molar-refractivity contribution < 1.29 is 9.90 Å². The van der Waals surface area contributed by atoms with Crippen LogP contribution >= 0.6 is 11.8 Å². The number of aromatic nitrogens is 6. The molecule has 0 amide bonds. The fraction of sp³-hybridized carbons (Fsp3) is 0.400. The number of carboxylic acids is 1. The van der Waals surface area contributed by atoms with Gasteiger partial charge in [0.15, 0.2) is 0 Å². The Morgan fingerprint density at radius 2 is 2.32 bits per heavy atom. The van der Waals surface area contributed by atoms with E-state index < -0.39 is 5.97 Å². The summed E-state index contributed by atoms with van der Waals surface area (Å²) in [6.45, 7) is 1.80. The van der Waals surface area contributed by atoms with Crippen molar-refractivity contribution in [2.75, 3.05) is 0 Å². The number of aliphatic carboxylic acids is 1. The van der Waals surface area contributed by atoms with Crippen LogP contribution in [-0.2, 0) is 17.8 Å². The largest absolute Gasteiger partial charge is 0.480 e. The van der Waals surface area contributed by atoms with E-state index in [2.05, 4.69) is 32.4 Å². The zero-order valence-corrected chi connectivity index (χ0v) is 11.0. The van der Waals surface area contributed by atoms with Crippen molar-refractivity contribution >= 4 is 17.7 Å². The summed E-state index contributed by atoms with van der Waals surface area (Å²) < 4.78 is 1.22. The van der Waals surface area contributed by atoms with E-state index >= 15 is 0 Å². The fourth-order valence-corrected chi connectivity index (χ4v) is 2.18. The van der Waals surface area contributed by atoms with Gasteiger partial charge in [-0.05, 0) is 34.7 Å². The Bertz CT molecular complexity index is 573. The highest BCUT2D eigenvalue weighted by Gasteiger charge is 2.12. The van der Waals surface area contributed by atoms with Crippen LogP contribution in [-0.4, -0.2) is 41.3 Å². The van der Waals surface area contributed by atoms with Crippen molar-refractivity contribution in [2.45, 2.75) is 36.5 Å². The first-order valence-corrected chi connectivity index (χ1v) is 6.47. The van der Waals surface area contributed by atoms with Crippen LogP contribution in [0.25, 0.3) is 0 Å². The maximum absolute atomic E-state index is 10.7. The summed E-state index contributed by atoms with van der Waals surface area (Å²) in [6.07, 6.45) is 3.35. The number of rotatable bonds is 6. The highest BCUT2D eigenvalue weighted by molar-refractivity contribution is 7.99. The second kappa shape index (κ2) is 6.23. The predicted octanol–water partition coefficient (Wildman–Crippen LogP) is 0.651. The molecular weight excluding hydrogens is 268 g/mol. The molecule has 2 aromatic rings. The minimum absolute atomic E-state index is 0.276. The molecule has 8 nitrogen and oxygen atoms in total. The SMILES string of the molecule is CCCc1cc(Sc2nnnn2CC(=O)O)ncn1. The third kappa shape index (κ3) is 3.71. The van der Waals surface area contributed by atoms with Crippen molar-refractivity contribution in [2.24, 2.45) is 0 Å². The van der Waals surface area contributed by atoms with Crippen LogP contribution in [0, 0.1) is 0 Å². The summed E-state index contributed by atoms with van der Waals surface area (Å²) in [5, 5.41) is 20.7. The molecule has 0 aliphatic rings. The molecule has 0 spiro atoms. The van der Waals surface area contributed by atoms with Crippen LogP contribution in [0.15, 0.2) is 22.6 Å². The van der Waals surface area contributed by atoms with E-state index in [9.17, 15) is 4.79 Å². The molecule has 0 bridgehead atoms. The van der Waals surface area contributed by atoms with Crippen LogP contribution in [0.4, 0.5) is 0 Å². The first-order valence-electron chi connectivity index (χ1n) is 5.65. The van der Waals surface area contributed by atoms with Gasteiger partial charge in [-0.15, -0.1) is 5.10 Å². The third-order valence-electron chi connectivity index (χ3n) is 2.18. The Morgan fingerprint density at radius 1 is 1.47 bits per heavy atom. The van der Waals surface area contributed by atoms with Gasteiger partial charge in [-0.25, -0.2) is 14.6 Å². The third-order valence-corrected chi connectivity index (χ3v) is 3.09. The van der Waals surface area contributed by atoms with Gasteiger partial charge in [0.25, 0.3) is 0 Å². The molecule has 0 aliphatic heterocycles. The van der Waals surface area contributed by atoms with Crippen LogP contribution in [0.3, 0.4) is 0 Å². The fourth-order valence-electron chi connectivity index (χ4n) is 1.42. The Hall–Kier alpha value is -2.03. The van der Waals surface area contributed by atoms with E-state index in [1.807, 2.05) is 6.07 Å². The number of aryl methyl sites for hydroxylation is 1. The Morgan fingerprint density at radius 3 is 3.05 bits per heavy atom. The van der Waals surface area contributed by atoms with Crippen molar-refractivity contribution in [1.82, 2.24) is 30.2 Å². The van der Waals surface area contributed by atoms with E-state index in [1.165, 1.54) is 22.8 Å². The maximum Gasteiger partial charge on any atom is 0.325 e. The molecule has 0 saturated heterocycles. The van der Waals surface area contributed by atoms with Gasteiger partial charge in [-0.1, -0.05) is 13.3 Å². The molecule has 0 unspecified atom stereocenters. The highest BCUT2D eigenvalue weighted by atomic mass is 32.2. The Labute approximate surface area is 113 Å². The van der Waals surface area contributed by atoms with Gasteiger partial charge in [0.2, 0.25) is 5.16 Å². The second-order valence-corrected chi connectivity index (χ2v) is 4.70. The second-order valence-electron chi connectivity index (χ2n) is 3.71. The van der Waals surface area contributed by atoms with Crippen LogP contribution in [0.1, 0.15) is 19.0 Å². The zero-order valence-electron chi connectivity index (χ0n) is 10.2. The quantitative estimate of drug-likeness (QED) is 0.769. The molecule has 2 rings (SSSR count). The first kappa shape index (κ1) is 13.4. The van der Waals surface area contributed by atoms with E-state index in [0.29, 0.717) is 10.2 Å². The van der Waals surface area contributed by atoms with E-state index in [1.54, 1.807) is 0 Å². The summed E-state index contributed by atoms with van der Waals surface area (Å²) in [7, 11) is 0. The van der Waals surface area contributed by atoms with Crippen LogP contribution in [0.5, 0.6) is 0 Å². The van der Waals surface area contributed by atoms with Gasteiger partial charge in [-0.3, -0.25) is 4.79 Å². The Kier molecular flexibility index (Phi) is 4.39. The summed E-state index contributed by atoms with van der Waals surface area (Å²) >= 11 is 1.22. The molecule has 0 atom stereocenters. The molecule has 2 aromatic heterocycles. The van der Waals surface area contributed by atoms with Gasteiger partial charge in [0.1, 0.15) is 17.9 Å². The van der Waals surface area contributed by atoms with Crippen molar-refractivity contribution in [3.05, 3.63) is 18.1 Å². The topological polar surface area (TPSA) is 107 Å². The normalized spacial score (nSPS) is 10.6. The molecule has 0 radical (unpaired) electrons. The highest BCUT2D eigenvalue weighted by Crippen LogP contribution is 2.23. The van der Waals surface area contributed by atoms with Gasteiger partial charge in [0, 0.05) is 5.69 Å². The summed E-state index contributed by atoms with van der Waals surface area (Å²) in [4.78, 5) is 18.9. The van der Waals surface area contributed by atoms with Gasteiger partial charge >= 0.3 is 5.97 Å². The average Bonchev–Trinajstić information content (AvgIpc) is 2.77. The molecule has 0 fully saturated rings. The van der Waals surface area contributed by atoms with Crippen molar-refractivity contribution in [3.63, 3.8) is 0 Å². The molecule has 0 saturated carbocycles. The molecule has 1 N–H and O–H groups in total. The molecule has 2 heterocycles. The number of nitrogens with zero attached hydrogens (tertiary/aromatic N) is 6. The molecule has 19 heavy (non-hydrogen) atoms. The van der Waals surface area contributed by atoms with E-state index in [0.717, 1.165) is 18.5 Å². The number of tetrazole rings is 1. The van der Waals surface area contributed by atoms with Gasteiger partial charge in [0.05, 0.1) is 0 Å². The molecule has 0 aliphatic carbocycles. The number of carbonyl (C=O) groups is 1. The monoisotopic (exact) mass is 280 g/mol. The lowest BCUT2D eigenvalue weighted by atomic mass is 10.2.